The molecule has 4 heteroatoms. The van der Waals surface area contributed by atoms with Gasteiger partial charge >= 0.3 is 0 Å². The van der Waals surface area contributed by atoms with E-state index in [1.165, 1.54) is 19.4 Å². The first kappa shape index (κ1) is 11.2. The van der Waals surface area contributed by atoms with Crippen molar-refractivity contribution in [1.82, 2.24) is 10.3 Å². The molecule has 0 aromatic carbocycles. The minimum absolute atomic E-state index is 0.686. The van der Waals surface area contributed by atoms with Crippen LogP contribution in [0.2, 0.25) is 0 Å². The topological polar surface area (TPSA) is 46.2 Å². The molecule has 0 spiro atoms. The van der Waals surface area contributed by atoms with Gasteiger partial charge in [0.1, 0.15) is 11.6 Å². The Morgan fingerprint density at radius 1 is 1.56 bits per heavy atom. The molecular formula is C12H19N3O. The minimum Gasteiger partial charge on any atom is -0.495 e. The predicted octanol–water partition coefficient (Wildman–Crippen LogP) is 1.64. The Morgan fingerprint density at radius 3 is 3.12 bits per heavy atom. The van der Waals surface area contributed by atoms with Crippen molar-refractivity contribution in [3.63, 3.8) is 0 Å². The standard InChI is InChI=1S/C12H19N3O/c1-16-11-4-5-12(15-9-11)14-8-6-10-3-2-7-13-10/h4-5,9-10,13H,2-3,6-8H2,1H3,(H,14,15). The van der Waals surface area contributed by atoms with Crippen molar-refractivity contribution < 1.29 is 4.74 Å². The third kappa shape index (κ3) is 3.10. The second-order valence-corrected chi connectivity index (χ2v) is 4.09. The summed E-state index contributed by atoms with van der Waals surface area (Å²) in [6.07, 6.45) is 5.51. The summed E-state index contributed by atoms with van der Waals surface area (Å²) < 4.78 is 5.05. The Hall–Kier alpha value is -1.29. The van der Waals surface area contributed by atoms with Crippen molar-refractivity contribution in [3.8, 4) is 5.75 Å². The van der Waals surface area contributed by atoms with Gasteiger partial charge in [-0.1, -0.05) is 0 Å². The van der Waals surface area contributed by atoms with E-state index in [2.05, 4.69) is 15.6 Å². The molecular weight excluding hydrogens is 202 g/mol. The van der Waals surface area contributed by atoms with Crippen LogP contribution in [-0.4, -0.2) is 31.2 Å². The number of nitrogens with one attached hydrogen (secondary N) is 2. The third-order valence-electron chi connectivity index (χ3n) is 2.93. The maximum absolute atomic E-state index is 5.05. The molecule has 0 aliphatic carbocycles. The number of anilines is 1. The third-order valence-corrected chi connectivity index (χ3v) is 2.93. The van der Waals surface area contributed by atoms with Crippen LogP contribution in [0.4, 0.5) is 5.82 Å². The normalized spacial score (nSPS) is 19.7. The van der Waals surface area contributed by atoms with Gasteiger partial charge < -0.3 is 15.4 Å². The first-order valence-corrected chi connectivity index (χ1v) is 5.86. The second-order valence-electron chi connectivity index (χ2n) is 4.09. The maximum atomic E-state index is 5.05. The Morgan fingerprint density at radius 2 is 2.50 bits per heavy atom. The van der Waals surface area contributed by atoms with Crippen LogP contribution >= 0.6 is 0 Å². The van der Waals surface area contributed by atoms with Crippen LogP contribution in [0, 0.1) is 0 Å². The number of aromatic nitrogens is 1. The number of pyridine rings is 1. The Kier molecular flexibility index (Phi) is 3.99. The van der Waals surface area contributed by atoms with E-state index < -0.39 is 0 Å². The molecule has 1 aromatic heterocycles. The van der Waals surface area contributed by atoms with Gasteiger partial charge in [-0.25, -0.2) is 4.98 Å². The number of methoxy groups -OCH3 is 1. The van der Waals surface area contributed by atoms with Gasteiger partial charge in [0.05, 0.1) is 13.3 Å². The number of rotatable bonds is 5. The first-order valence-electron chi connectivity index (χ1n) is 5.86. The zero-order chi connectivity index (χ0) is 11.2. The molecule has 88 valence electrons. The van der Waals surface area contributed by atoms with Crippen LogP contribution in [0.25, 0.3) is 0 Å². The van der Waals surface area contributed by atoms with E-state index in [1.807, 2.05) is 12.1 Å². The molecule has 1 aliphatic rings. The van der Waals surface area contributed by atoms with Crippen LogP contribution in [-0.2, 0) is 0 Å². The van der Waals surface area contributed by atoms with E-state index in [0.29, 0.717) is 6.04 Å². The highest BCUT2D eigenvalue weighted by atomic mass is 16.5. The van der Waals surface area contributed by atoms with Gasteiger partial charge in [0.2, 0.25) is 0 Å². The summed E-state index contributed by atoms with van der Waals surface area (Å²) >= 11 is 0. The van der Waals surface area contributed by atoms with Gasteiger partial charge in [0.15, 0.2) is 0 Å². The van der Waals surface area contributed by atoms with Crippen molar-refractivity contribution in [1.29, 1.82) is 0 Å². The molecule has 0 bridgehead atoms. The fourth-order valence-electron chi connectivity index (χ4n) is 1.98. The zero-order valence-corrected chi connectivity index (χ0v) is 9.70. The highest BCUT2D eigenvalue weighted by Gasteiger charge is 2.12. The summed E-state index contributed by atoms with van der Waals surface area (Å²) in [5.74, 6) is 1.71. The summed E-state index contributed by atoms with van der Waals surface area (Å²) in [5.41, 5.74) is 0. The summed E-state index contributed by atoms with van der Waals surface area (Å²) in [4.78, 5) is 4.26. The summed E-state index contributed by atoms with van der Waals surface area (Å²) in [5, 5.41) is 6.80. The van der Waals surface area contributed by atoms with Crippen LogP contribution < -0.4 is 15.4 Å². The van der Waals surface area contributed by atoms with Crippen molar-refractivity contribution in [2.75, 3.05) is 25.5 Å². The van der Waals surface area contributed by atoms with Gasteiger partial charge in [-0.05, 0) is 37.9 Å². The molecule has 16 heavy (non-hydrogen) atoms. The molecule has 2 N–H and O–H groups in total. The van der Waals surface area contributed by atoms with Gasteiger partial charge in [-0.2, -0.15) is 0 Å². The molecule has 0 saturated carbocycles. The monoisotopic (exact) mass is 221 g/mol. The van der Waals surface area contributed by atoms with E-state index in [-0.39, 0.29) is 0 Å². The number of hydrogen-bond donors (Lipinski definition) is 2. The average Bonchev–Trinajstić information content (AvgIpc) is 2.83. The Balaban J connectivity index is 1.71. The molecule has 1 fully saturated rings. The molecule has 1 saturated heterocycles. The van der Waals surface area contributed by atoms with E-state index in [4.69, 9.17) is 4.74 Å². The van der Waals surface area contributed by atoms with Crippen LogP contribution in [0.1, 0.15) is 19.3 Å². The fourth-order valence-corrected chi connectivity index (χ4v) is 1.98. The lowest BCUT2D eigenvalue weighted by Gasteiger charge is -2.11. The molecule has 4 nitrogen and oxygen atoms in total. The zero-order valence-electron chi connectivity index (χ0n) is 9.70. The SMILES string of the molecule is COc1ccc(NCCC2CCCN2)nc1. The van der Waals surface area contributed by atoms with Crippen LogP contribution in [0.5, 0.6) is 5.75 Å². The quantitative estimate of drug-likeness (QED) is 0.793. The maximum Gasteiger partial charge on any atom is 0.137 e. The Bertz CT molecular complexity index is 307. The molecule has 1 aromatic rings. The average molecular weight is 221 g/mol. The summed E-state index contributed by atoms with van der Waals surface area (Å²) in [6.45, 7) is 2.14. The molecule has 1 unspecified atom stereocenters. The molecule has 1 aliphatic heterocycles. The van der Waals surface area contributed by atoms with Crippen molar-refractivity contribution in [2.24, 2.45) is 0 Å². The van der Waals surface area contributed by atoms with Crippen molar-refractivity contribution in [3.05, 3.63) is 18.3 Å². The molecule has 1 atom stereocenters. The molecule has 2 heterocycles. The smallest absolute Gasteiger partial charge is 0.137 e. The number of hydrogen-bond acceptors (Lipinski definition) is 4. The second kappa shape index (κ2) is 5.70. The van der Waals surface area contributed by atoms with E-state index in [1.54, 1.807) is 13.3 Å². The highest BCUT2D eigenvalue weighted by molar-refractivity contribution is 5.37. The van der Waals surface area contributed by atoms with Crippen LogP contribution in [0.15, 0.2) is 18.3 Å². The largest absolute Gasteiger partial charge is 0.495 e. The molecule has 0 radical (unpaired) electrons. The fraction of sp³-hybridized carbons (Fsp3) is 0.583. The Labute approximate surface area is 96.4 Å². The number of nitrogens with zero attached hydrogens (tertiary/aromatic N) is 1. The van der Waals surface area contributed by atoms with E-state index in [9.17, 15) is 0 Å². The summed E-state index contributed by atoms with van der Waals surface area (Å²) in [7, 11) is 1.65. The first-order chi connectivity index (χ1) is 7.88. The van der Waals surface area contributed by atoms with Gasteiger partial charge in [0, 0.05) is 12.6 Å². The van der Waals surface area contributed by atoms with E-state index in [0.717, 1.165) is 24.5 Å². The van der Waals surface area contributed by atoms with Gasteiger partial charge in [-0.15, -0.1) is 0 Å². The van der Waals surface area contributed by atoms with Gasteiger partial charge in [-0.3, -0.25) is 0 Å². The number of ether oxygens (including phenoxy) is 1. The summed E-state index contributed by atoms with van der Waals surface area (Å²) in [6, 6.07) is 4.55. The van der Waals surface area contributed by atoms with Crippen molar-refractivity contribution >= 4 is 5.82 Å². The lowest BCUT2D eigenvalue weighted by Crippen LogP contribution is -2.24. The molecule has 2 rings (SSSR count). The molecule has 0 amide bonds. The lowest BCUT2D eigenvalue weighted by molar-refractivity contribution is 0.413. The van der Waals surface area contributed by atoms with Gasteiger partial charge in [0.25, 0.3) is 0 Å². The minimum atomic E-state index is 0.686. The van der Waals surface area contributed by atoms with Crippen LogP contribution in [0.3, 0.4) is 0 Å². The van der Waals surface area contributed by atoms with Crippen molar-refractivity contribution in [2.45, 2.75) is 25.3 Å². The highest BCUT2D eigenvalue weighted by Crippen LogP contribution is 2.12. The predicted molar refractivity (Wildman–Crippen MR) is 64.9 cm³/mol. The van der Waals surface area contributed by atoms with E-state index >= 15 is 0 Å². The lowest BCUT2D eigenvalue weighted by atomic mass is 10.1.